The fraction of sp³-hybridized carbons (Fsp3) is 0. The molecule has 7 rings (SSSR count). The van der Waals surface area contributed by atoms with E-state index in [9.17, 15) is 10.5 Å². The van der Waals surface area contributed by atoms with Crippen molar-refractivity contribution < 1.29 is 0 Å². The molecule has 3 aromatic carbocycles. The van der Waals surface area contributed by atoms with Gasteiger partial charge in [-0.25, -0.2) is 4.98 Å². The second kappa shape index (κ2) is 7.53. The molecule has 0 aliphatic carbocycles. The fourth-order valence-electron chi connectivity index (χ4n) is 5.07. The molecule has 0 aliphatic rings. The van der Waals surface area contributed by atoms with Crippen LogP contribution >= 0.6 is 0 Å². The maximum absolute atomic E-state index is 9.51. The summed E-state index contributed by atoms with van der Waals surface area (Å²) in [4.78, 5) is 9.94. The van der Waals surface area contributed by atoms with Crippen molar-refractivity contribution in [3.05, 3.63) is 108 Å². The first-order valence-electron chi connectivity index (χ1n) is 11.5. The number of aromatic nitrogens is 4. The molecule has 0 N–H and O–H groups in total. The Balaban J connectivity index is 1.67. The van der Waals surface area contributed by atoms with Crippen LogP contribution in [0.3, 0.4) is 0 Å². The normalized spacial score (nSPS) is 11.3. The molecule has 6 heteroatoms. The summed E-state index contributed by atoms with van der Waals surface area (Å²) < 4.78 is 4.16. The van der Waals surface area contributed by atoms with Gasteiger partial charge in [-0.2, -0.15) is 10.5 Å². The van der Waals surface area contributed by atoms with E-state index in [-0.39, 0.29) is 0 Å². The predicted octanol–water partition coefficient (Wildman–Crippen LogP) is 6.41. The van der Waals surface area contributed by atoms with Crippen molar-refractivity contribution in [1.29, 1.82) is 10.5 Å². The Hall–Kier alpha value is -5.46. The third-order valence-electron chi connectivity index (χ3n) is 6.59. The number of para-hydroxylation sites is 1. The van der Waals surface area contributed by atoms with Crippen LogP contribution in [0.2, 0.25) is 0 Å². The number of fused-ring (bicyclic) bond motifs is 6. The molecule has 0 unspecified atom stereocenters. The lowest BCUT2D eigenvalue weighted by Gasteiger charge is -2.09. The van der Waals surface area contributed by atoms with Crippen molar-refractivity contribution in [1.82, 2.24) is 19.1 Å². The minimum absolute atomic E-state index is 0.579. The van der Waals surface area contributed by atoms with Gasteiger partial charge < -0.3 is 0 Å². The van der Waals surface area contributed by atoms with E-state index in [4.69, 9.17) is 9.97 Å². The highest BCUT2D eigenvalue weighted by Gasteiger charge is 2.20. The van der Waals surface area contributed by atoms with Crippen LogP contribution < -0.4 is 0 Å². The molecule has 0 fully saturated rings. The van der Waals surface area contributed by atoms with Crippen LogP contribution in [0.4, 0.5) is 0 Å². The minimum atomic E-state index is 0.579. The average Bonchev–Trinajstić information content (AvgIpc) is 3.44. The Morgan fingerprint density at radius 3 is 1.94 bits per heavy atom. The Bertz CT molecular complexity index is 1930. The van der Waals surface area contributed by atoms with Crippen LogP contribution in [0.15, 0.2) is 97.2 Å². The Kier molecular flexibility index (Phi) is 4.17. The summed E-state index contributed by atoms with van der Waals surface area (Å²) in [6.45, 7) is 0. The van der Waals surface area contributed by atoms with E-state index in [0.717, 1.165) is 55.4 Å². The standard InChI is InChI=1S/C30H16N6/c31-17-19-6-3-8-21(14-19)35-26-11-2-1-10-23(26)24-16-25-28-27(12-5-13-33-28)36(30(25)34-29(24)35)22-9-4-7-20(15-22)18-32/h1-16H. The van der Waals surface area contributed by atoms with Crippen LogP contribution in [-0.4, -0.2) is 19.1 Å². The van der Waals surface area contributed by atoms with Gasteiger partial charge in [-0.1, -0.05) is 30.3 Å². The van der Waals surface area contributed by atoms with Crippen molar-refractivity contribution >= 4 is 44.0 Å². The van der Waals surface area contributed by atoms with Crippen molar-refractivity contribution in [3.63, 3.8) is 0 Å². The lowest BCUT2D eigenvalue weighted by Crippen LogP contribution is -1.99. The molecular formula is C30H16N6. The van der Waals surface area contributed by atoms with Gasteiger partial charge >= 0.3 is 0 Å². The molecule has 4 aromatic heterocycles. The van der Waals surface area contributed by atoms with Crippen LogP contribution in [0.5, 0.6) is 0 Å². The zero-order chi connectivity index (χ0) is 24.2. The summed E-state index contributed by atoms with van der Waals surface area (Å²) in [6, 6.07) is 33.8. The van der Waals surface area contributed by atoms with Gasteiger partial charge in [-0.3, -0.25) is 14.1 Å². The molecule has 4 heterocycles. The van der Waals surface area contributed by atoms with E-state index in [1.165, 1.54) is 0 Å². The van der Waals surface area contributed by atoms with Gasteiger partial charge in [0, 0.05) is 33.7 Å². The van der Waals surface area contributed by atoms with E-state index in [1.807, 2.05) is 60.7 Å². The van der Waals surface area contributed by atoms with E-state index < -0.39 is 0 Å². The number of hydrogen-bond acceptors (Lipinski definition) is 4. The minimum Gasteiger partial charge on any atom is -0.294 e. The second-order valence-electron chi connectivity index (χ2n) is 8.61. The van der Waals surface area contributed by atoms with Gasteiger partial charge in [0.15, 0.2) is 0 Å². The Labute approximate surface area is 205 Å². The van der Waals surface area contributed by atoms with Crippen molar-refractivity contribution in [2.75, 3.05) is 0 Å². The number of hydrogen-bond donors (Lipinski definition) is 0. The van der Waals surface area contributed by atoms with Crippen LogP contribution in [0.25, 0.3) is 55.4 Å². The van der Waals surface area contributed by atoms with Crippen LogP contribution in [0, 0.1) is 22.7 Å². The molecule has 0 amide bonds. The molecule has 166 valence electrons. The molecule has 6 nitrogen and oxygen atoms in total. The SMILES string of the molecule is N#Cc1cccc(-n2c3ccccc3c3cc4c5ncccc5n(-c5cccc(C#N)c5)c4nc32)c1. The van der Waals surface area contributed by atoms with E-state index in [2.05, 4.69) is 39.5 Å². The van der Waals surface area contributed by atoms with E-state index >= 15 is 0 Å². The highest BCUT2D eigenvalue weighted by atomic mass is 15.1. The molecule has 7 aromatic rings. The summed E-state index contributed by atoms with van der Waals surface area (Å²) >= 11 is 0. The Morgan fingerprint density at radius 2 is 1.22 bits per heavy atom. The molecule has 0 aliphatic heterocycles. The van der Waals surface area contributed by atoms with Gasteiger partial charge in [-0.05, 0) is 60.7 Å². The van der Waals surface area contributed by atoms with Gasteiger partial charge in [0.25, 0.3) is 0 Å². The third kappa shape index (κ3) is 2.76. The van der Waals surface area contributed by atoms with E-state index in [0.29, 0.717) is 11.1 Å². The number of benzene rings is 3. The van der Waals surface area contributed by atoms with Gasteiger partial charge in [0.1, 0.15) is 11.3 Å². The van der Waals surface area contributed by atoms with Crippen molar-refractivity contribution in [2.45, 2.75) is 0 Å². The molecular weight excluding hydrogens is 444 g/mol. The van der Waals surface area contributed by atoms with Crippen molar-refractivity contribution in [3.8, 4) is 23.5 Å². The zero-order valence-electron chi connectivity index (χ0n) is 18.9. The largest absolute Gasteiger partial charge is 0.294 e. The maximum atomic E-state index is 9.51. The number of pyridine rings is 2. The number of nitriles is 2. The molecule has 0 radical (unpaired) electrons. The van der Waals surface area contributed by atoms with Gasteiger partial charge in [0.05, 0.1) is 39.8 Å². The molecule has 0 bridgehead atoms. The van der Waals surface area contributed by atoms with Gasteiger partial charge in [0.2, 0.25) is 0 Å². The molecule has 0 spiro atoms. The molecule has 36 heavy (non-hydrogen) atoms. The molecule has 0 saturated carbocycles. The summed E-state index contributed by atoms with van der Waals surface area (Å²) in [6.07, 6.45) is 1.79. The quantitative estimate of drug-likeness (QED) is 0.298. The van der Waals surface area contributed by atoms with Crippen molar-refractivity contribution in [2.24, 2.45) is 0 Å². The summed E-state index contributed by atoms with van der Waals surface area (Å²) in [7, 11) is 0. The third-order valence-corrected chi connectivity index (χ3v) is 6.59. The summed E-state index contributed by atoms with van der Waals surface area (Å²) in [5.41, 5.74) is 7.23. The lowest BCUT2D eigenvalue weighted by atomic mass is 10.1. The first-order chi connectivity index (χ1) is 17.8. The smallest absolute Gasteiger partial charge is 0.149 e. The lowest BCUT2D eigenvalue weighted by molar-refractivity contribution is 1.10. The van der Waals surface area contributed by atoms with Crippen LogP contribution in [0.1, 0.15) is 11.1 Å². The maximum Gasteiger partial charge on any atom is 0.149 e. The highest BCUT2D eigenvalue weighted by molar-refractivity contribution is 6.15. The average molecular weight is 461 g/mol. The molecule has 0 saturated heterocycles. The van der Waals surface area contributed by atoms with Crippen LogP contribution in [-0.2, 0) is 0 Å². The monoisotopic (exact) mass is 460 g/mol. The number of rotatable bonds is 2. The Morgan fingerprint density at radius 1 is 0.583 bits per heavy atom. The van der Waals surface area contributed by atoms with E-state index in [1.54, 1.807) is 18.3 Å². The van der Waals surface area contributed by atoms with Gasteiger partial charge in [-0.15, -0.1) is 0 Å². The topological polar surface area (TPSA) is 83.2 Å². The number of nitrogens with zero attached hydrogens (tertiary/aromatic N) is 6. The molecule has 0 atom stereocenters. The first-order valence-corrected chi connectivity index (χ1v) is 11.5. The predicted molar refractivity (Wildman–Crippen MR) is 140 cm³/mol. The second-order valence-corrected chi connectivity index (χ2v) is 8.61. The first kappa shape index (κ1) is 20.0. The zero-order valence-corrected chi connectivity index (χ0v) is 18.9. The summed E-state index contributed by atoms with van der Waals surface area (Å²) in [5, 5.41) is 22.0. The highest BCUT2D eigenvalue weighted by Crippen LogP contribution is 2.37. The summed E-state index contributed by atoms with van der Waals surface area (Å²) in [5.74, 6) is 0. The fourth-order valence-corrected chi connectivity index (χ4v) is 5.07.